The molecular weight excluding hydrogens is 376 g/mol. The van der Waals surface area contributed by atoms with Gasteiger partial charge in [-0.05, 0) is 35.2 Å². The van der Waals surface area contributed by atoms with Crippen LogP contribution in [0.15, 0.2) is 60.8 Å². The molecule has 0 aliphatic heterocycles. The summed E-state index contributed by atoms with van der Waals surface area (Å²) in [5, 5.41) is 2.68. The number of fused-ring (bicyclic) bond motifs is 3. The van der Waals surface area contributed by atoms with Crippen molar-refractivity contribution in [2.45, 2.75) is 12.8 Å². The lowest BCUT2D eigenvalue weighted by molar-refractivity contribution is 0.144. The minimum absolute atomic E-state index is 0.0441. The second-order valence-corrected chi connectivity index (χ2v) is 7.03. The number of hydrogen-bond donors (Lipinski definition) is 1. The van der Waals surface area contributed by atoms with Gasteiger partial charge in [-0.1, -0.05) is 60.4 Å². The lowest BCUT2D eigenvalue weighted by Gasteiger charge is -2.14. The maximum absolute atomic E-state index is 12.1. The van der Waals surface area contributed by atoms with E-state index in [1.165, 1.54) is 22.3 Å². The van der Waals surface area contributed by atoms with Gasteiger partial charge in [-0.25, -0.2) is 9.78 Å². The summed E-state index contributed by atoms with van der Waals surface area (Å²) in [6.07, 6.45) is 1.17. The molecule has 1 aromatic heterocycles. The first-order valence-corrected chi connectivity index (χ1v) is 9.75. The van der Waals surface area contributed by atoms with Gasteiger partial charge in [0.2, 0.25) is 5.88 Å². The van der Waals surface area contributed by atoms with Crippen LogP contribution in [0.4, 0.5) is 4.79 Å². The number of hydrogen-bond acceptors (Lipinski definition) is 4. The summed E-state index contributed by atoms with van der Waals surface area (Å²) in [5.41, 5.74) is 6.46. The first kappa shape index (κ1) is 19.5. The number of carbonyl (C=O) groups is 1. The van der Waals surface area contributed by atoms with E-state index < -0.39 is 6.09 Å². The highest BCUT2D eigenvalue weighted by Gasteiger charge is 2.28. The molecule has 0 unspecified atom stereocenters. The highest BCUT2D eigenvalue weighted by atomic mass is 16.5. The summed E-state index contributed by atoms with van der Waals surface area (Å²) in [5.74, 6) is 6.52. The van der Waals surface area contributed by atoms with Gasteiger partial charge in [-0.15, -0.1) is 0 Å². The minimum Gasteiger partial charge on any atom is -0.481 e. The van der Waals surface area contributed by atoms with Crippen molar-refractivity contribution in [3.63, 3.8) is 0 Å². The molecule has 0 saturated heterocycles. The molecule has 1 amide bonds. The van der Waals surface area contributed by atoms with Crippen LogP contribution in [0, 0.1) is 18.8 Å². The molecule has 0 radical (unpaired) electrons. The zero-order valence-corrected chi connectivity index (χ0v) is 16.9. The highest BCUT2D eigenvalue weighted by molar-refractivity contribution is 5.79. The number of methoxy groups -OCH3 is 1. The average Bonchev–Trinajstić information content (AvgIpc) is 3.09. The molecule has 1 heterocycles. The Morgan fingerprint density at radius 1 is 1.10 bits per heavy atom. The van der Waals surface area contributed by atoms with Gasteiger partial charge in [0.05, 0.1) is 13.7 Å². The number of aryl methyl sites for hydroxylation is 1. The Balaban J connectivity index is 1.33. The van der Waals surface area contributed by atoms with E-state index in [4.69, 9.17) is 9.47 Å². The average molecular weight is 398 g/mol. The molecule has 4 rings (SSSR count). The van der Waals surface area contributed by atoms with Gasteiger partial charge in [0.15, 0.2) is 0 Å². The van der Waals surface area contributed by atoms with E-state index in [-0.39, 0.29) is 19.1 Å². The number of benzene rings is 2. The Bertz CT molecular complexity index is 1100. The van der Waals surface area contributed by atoms with E-state index in [1.54, 1.807) is 13.3 Å². The van der Waals surface area contributed by atoms with Gasteiger partial charge >= 0.3 is 6.09 Å². The molecule has 1 aliphatic carbocycles. The molecule has 1 N–H and O–H groups in total. The molecular formula is C25H22N2O3. The fourth-order valence-electron chi connectivity index (χ4n) is 3.76. The molecule has 3 aromatic rings. The van der Waals surface area contributed by atoms with Crippen molar-refractivity contribution in [2.75, 3.05) is 20.3 Å². The number of amides is 1. The molecule has 0 fully saturated rings. The van der Waals surface area contributed by atoms with Crippen LogP contribution >= 0.6 is 0 Å². The number of alkyl carbamates (subject to hydrolysis) is 1. The Morgan fingerprint density at radius 3 is 2.40 bits per heavy atom. The lowest BCUT2D eigenvalue weighted by Crippen LogP contribution is -2.26. The molecule has 30 heavy (non-hydrogen) atoms. The van der Waals surface area contributed by atoms with Crippen LogP contribution in [-0.4, -0.2) is 31.3 Å². The Morgan fingerprint density at radius 2 is 1.77 bits per heavy atom. The highest BCUT2D eigenvalue weighted by Crippen LogP contribution is 2.44. The SMILES string of the molecule is COc1ncc(C#CCNC(=O)OCC2c3ccccc3-c3ccccc32)cc1C. The molecule has 0 saturated carbocycles. The van der Waals surface area contributed by atoms with Crippen molar-refractivity contribution in [1.82, 2.24) is 10.3 Å². The predicted octanol–water partition coefficient (Wildman–Crippen LogP) is 4.29. The summed E-state index contributed by atoms with van der Waals surface area (Å²) >= 11 is 0. The van der Waals surface area contributed by atoms with E-state index in [0.29, 0.717) is 5.88 Å². The number of aromatic nitrogens is 1. The monoisotopic (exact) mass is 398 g/mol. The van der Waals surface area contributed by atoms with E-state index in [1.807, 2.05) is 37.3 Å². The molecule has 2 aromatic carbocycles. The van der Waals surface area contributed by atoms with Crippen molar-refractivity contribution < 1.29 is 14.3 Å². The zero-order valence-electron chi connectivity index (χ0n) is 16.9. The second-order valence-electron chi connectivity index (χ2n) is 7.03. The molecule has 0 spiro atoms. The first-order chi connectivity index (χ1) is 14.7. The number of nitrogens with zero attached hydrogens (tertiary/aromatic N) is 1. The Hall–Kier alpha value is -3.78. The van der Waals surface area contributed by atoms with Crippen LogP contribution in [0.1, 0.15) is 28.2 Å². The topological polar surface area (TPSA) is 60.5 Å². The summed E-state index contributed by atoms with van der Waals surface area (Å²) in [7, 11) is 1.58. The third-order valence-corrected chi connectivity index (χ3v) is 5.12. The van der Waals surface area contributed by atoms with E-state index >= 15 is 0 Å². The predicted molar refractivity (Wildman–Crippen MR) is 115 cm³/mol. The smallest absolute Gasteiger partial charge is 0.407 e. The van der Waals surface area contributed by atoms with E-state index in [0.717, 1.165) is 11.1 Å². The molecule has 1 aliphatic rings. The van der Waals surface area contributed by atoms with Crippen LogP contribution in [0.3, 0.4) is 0 Å². The third kappa shape index (κ3) is 3.99. The van der Waals surface area contributed by atoms with E-state index in [9.17, 15) is 4.79 Å². The largest absolute Gasteiger partial charge is 0.481 e. The minimum atomic E-state index is -0.477. The lowest BCUT2D eigenvalue weighted by atomic mass is 9.98. The van der Waals surface area contributed by atoms with Crippen LogP contribution in [0.5, 0.6) is 5.88 Å². The molecule has 5 nitrogen and oxygen atoms in total. The summed E-state index contributed by atoms with van der Waals surface area (Å²) in [6, 6.07) is 18.4. The van der Waals surface area contributed by atoms with Crippen LogP contribution < -0.4 is 10.1 Å². The zero-order chi connectivity index (χ0) is 20.9. The van der Waals surface area contributed by atoms with Crippen LogP contribution in [-0.2, 0) is 4.74 Å². The quantitative estimate of drug-likeness (QED) is 0.666. The Kier molecular flexibility index (Phi) is 5.67. The first-order valence-electron chi connectivity index (χ1n) is 9.75. The van der Waals surface area contributed by atoms with Gasteiger partial charge in [-0.2, -0.15) is 0 Å². The number of carbonyl (C=O) groups excluding carboxylic acids is 1. The fourth-order valence-corrected chi connectivity index (χ4v) is 3.76. The Labute approximate surface area is 176 Å². The number of nitrogens with one attached hydrogen (secondary N) is 1. The summed E-state index contributed by atoms with van der Waals surface area (Å²) < 4.78 is 10.6. The van der Waals surface area contributed by atoms with Crippen molar-refractivity contribution in [3.05, 3.63) is 83.0 Å². The van der Waals surface area contributed by atoms with E-state index in [2.05, 4.69) is 46.4 Å². The van der Waals surface area contributed by atoms with Crippen molar-refractivity contribution in [2.24, 2.45) is 0 Å². The molecule has 150 valence electrons. The van der Waals surface area contributed by atoms with Crippen molar-refractivity contribution in [1.29, 1.82) is 0 Å². The molecule has 0 bridgehead atoms. The summed E-state index contributed by atoms with van der Waals surface area (Å²) in [4.78, 5) is 16.3. The molecule has 0 atom stereocenters. The number of pyridine rings is 1. The second kappa shape index (κ2) is 8.71. The van der Waals surface area contributed by atoms with Crippen molar-refractivity contribution in [3.8, 4) is 28.8 Å². The maximum atomic E-state index is 12.1. The summed E-state index contributed by atoms with van der Waals surface area (Å²) in [6.45, 7) is 2.39. The van der Waals surface area contributed by atoms with Gasteiger partial charge in [0.25, 0.3) is 0 Å². The van der Waals surface area contributed by atoms with Crippen LogP contribution in [0.25, 0.3) is 11.1 Å². The van der Waals surface area contributed by atoms with Crippen LogP contribution in [0.2, 0.25) is 0 Å². The normalized spacial score (nSPS) is 11.7. The maximum Gasteiger partial charge on any atom is 0.407 e. The molecule has 5 heteroatoms. The fraction of sp³-hybridized carbons (Fsp3) is 0.200. The van der Waals surface area contributed by atoms with Gasteiger partial charge < -0.3 is 14.8 Å². The standard InChI is InChI=1S/C25H22N2O3/c1-17-14-18(15-27-24(17)29-2)8-7-13-26-25(28)30-16-23-21-11-5-3-9-19(21)20-10-4-6-12-22(20)23/h3-6,9-12,14-15,23H,13,16H2,1-2H3,(H,26,28). The van der Waals surface area contributed by atoms with Gasteiger partial charge in [0, 0.05) is 23.2 Å². The third-order valence-electron chi connectivity index (χ3n) is 5.12. The number of ether oxygens (including phenoxy) is 2. The van der Waals surface area contributed by atoms with Gasteiger partial charge in [0.1, 0.15) is 6.61 Å². The van der Waals surface area contributed by atoms with Gasteiger partial charge in [-0.3, -0.25) is 0 Å². The number of rotatable bonds is 4. The van der Waals surface area contributed by atoms with Crippen molar-refractivity contribution >= 4 is 6.09 Å².